The molecule has 0 aromatic carbocycles. The van der Waals surface area contributed by atoms with Crippen LogP contribution in [0.25, 0.3) is 0 Å². The fraction of sp³-hybridized carbons (Fsp3) is 1.00. The Balaban J connectivity index is 1.83. The van der Waals surface area contributed by atoms with Gasteiger partial charge in [-0.05, 0) is 32.9 Å². The summed E-state index contributed by atoms with van der Waals surface area (Å²) in [5.41, 5.74) is 0. The van der Waals surface area contributed by atoms with E-state index >= 15 is 0 Å². The molecular formula is C13H26N2O2. The standard InChI is InChI=1S/C13H26N2O2/c1-3-14-12-6-8-16-10-13(12)15(2)9-11-5-4-7-17-11/h11-14H,3-10H2,1-2H3. The molecule has 100 valence electrons. The van der Waals surface area contributed by atoms with Gasteiger partial charge in [0.15, 0.2) is 0 Å². The number of nitrogens with one attached hydrogen (secondary N) is 1. The molecule has 3 unspecified atom stereocenters. The molecule has 2 fully saturated rings. The normalized spacial score (nSPS) is 34.4. The molecular weight excluding hydrogens is 216 g/mol. The van der Waals surface area contributed by atoms with Crippen molar-refractivity contribution in [2.75, 3.05) is 40.0 Å². The van der Waals surface area contributed by atoms with Crippen LogP contribution in [0.1, 0.15) is 26.2 Å². The summed E-state index contributed by atoms with van der Waals surface area (Å²) < 4.78 is 11.3. The van der Waals surface area contributed by atoms with E-state index in [1.54, 1.807) is 0 Å². The molecule has 0 aromatic heterocycles. The fourth-order valence-corrected chi connectivity index (χ4v) is 2.90. The largest absolute Gasteiger partial charge is 0.380 e. The topological polar surface area (TPSA) is 33.7 Å². The average molecular weight is 242 g/mol. The molecule has 0 amide bonds. The van der Waals surface area contributed by atoms with Gasteiger partial charge in [-0.25, -0.2) is 0 Å². The summed E-state index contributed by atoms with van der Waals surface area (Å²) in [5, 5.41) is 3.58. The summed E-state index contributed by atoms with van der Waals surface area (Å²) in [6.07, 6.45) is 3.98. The highest BCUT2D eigenvalue weighted by Crippen LogP contribution is 2.17. The van der Waals surface area contributed by atoms with Crippen molar-refractivity contribution in [1.82, 2.24) is 10.2 Å². The third-order valence-electron chi connectivity index (χ3n) is 3.87. The van der Waals surface area contributed by atoms with Crippen molar-refractivity contribution in [1.29, 1.82) is 0 Å². The number of hydrogen-bond donors (Lipinski definition) is 1. The molecule has 0 bridgehead atoms. The van der Waals surface area contributed by atoms with Crippen LogP contribution in [0.5, 0.6) is 0 Å². The van der Waals surface area contributed by atoms with Crippen molar-refractivity contribution in [3.05, 3.63) is 0 Å². The van der Waals surface area contributed by atoms with Crippen LogP contribution in [0, 0.1) is 0 Å². The molecule has 4 nitrogen and oxygen atoms in total. The second kappa shape index (κ2) is 6.69. The number of hydrogen-bond acceptors (Lipinski definition) is 4. The van der Waals surface area contributed by atoms with E-state index in [1.165, 1.54) is 12.8 Å². The van der Waals surface area contributed by atoms with Crippen LogP contribution < -0.4 is 5.32 Å². The Bertz CT molecular complexity index is 217. The van der Waals surface area contributed by atoms with Crippen molar-refractivity contribution < 1.29 is 9.47 Å². The second-order valence-electron chi connectivity index (χ2n) is 5.17. The smallest absolute Gasteiger partial charge is 0.0702 e. The van der Waals surface area contributed by atoms with Gasteiger partial charge in [0.25, 0.3) is 0 Å². The van der Waals surface area contributed by atoms with Gasteiger partial charge in [0.05, 0.1) is 12.7 Å². The van der Waals surface area contributed by atoms with Crippen LogP contribution in [-0.2, 0) is 9.47 Å². The third kappa shape index (κ3) is 3.65. The van der Waals surface area contributed by atoms with E-state index in [2.05, 4.69) is 24.2 Å². The Morgan fingerprint density at radius 2 is 2.18 bits per heavy atom. The number of likely N-dealkylation sites (N-methyl/N-ethyl adjacent to an activating group) is 2. The Hall–Kier alpha value is -0.160. The van der Waals surface area contributed by atoms with Crippen LogP contribution in [0.4, 0.5) is 0 Å². The molecule has 1 N–H and O–H groups in total. The van der Waals surface area contributed by atoms with Gasteiger partial charge in [-0.15, -0.1) is 0 Å². The first-order valence-corrected chi connectivity index (χ1v) is 6.94. The highest BCUT2D eigenvalue weighted by atomic mass is 16.5. The summed E-state index contributed by atoms with van der Waals surface area (Å²) in [7, 11) is 2.20. The van der Waals surface area contributed by atoms with Crippen LogP contribution >= 0.6 is 0 Å². The molecule has 2 rings (SSSR count). The average Bonchev–Trinajstić information content (AvgIpc) is 2.83. The summed E-state index contributed by atoms with van der Waals surface area (Å²) in [5.74, 6) is 0. The highest BCUT2D eigenvalue weighted by molar-refractivity contribution is 4.87. The minimum atomic E-state index is 0.434. The van der Waals surface area contributed by atoms with Crippen molar-refractivity contribution >= 4 is 0 Å². The van der Waals surface area contributed by atoms with E-state index in [0.717, 1.165) is 39.3 Å². The molecule has 0 aliphatic carbocycles. The van der Waals surface area contributed by atoms with E-state index in [4.69, 9.17) is 9.47 Å². The van der Waals surface area contributed by atoms with E-state index in [-0.39, 0.29) is 0 Å². The van der Waals surface area contributed by atoms with Crippen LogP contribution in [0.2, 0.25) is 0 Å². The molecule has 3 atom stereocenters. The zero-order chi connectivity index (χ0) is 12.1. The van der Waals surface area contributed by atoms with Crippen LogP contribution in [-0.4, -0.2) is 63.0 Å². The number of ether oxygens (including phenoxy) is 2. The zero-order valence-corrected chi connectivity index (χ0v) is 11.2. The van der Waals surface area contributed by atoms with Gasteiger partial charge in [0, 0.05) is 31.8 Å². The van der Waals surface area contributed by atoms with Gasteiger partial charge in [-0.1, -0.05) is 6.92 Å². The predicted molar refractivity (Wildman–Crippen MR) is 68.3 cm³/mol. The lowest BCUT2D eigenvalue weighted by Gasteiger charge is -2.39. The second-order valence-corrected chi connectivity index (χ2v) is 5.17. The molecule has 0 radical (unpaired) electrons. The van der Waals surface area contributed by atoms with E-state index in [9.17, 15) is 0 Å². The minimum absolute atomic E-state index is 0.434. The van der Waals surface area contributed by atoms with E-state index in [1.807, 2.05) is 0 Å². The van der Waals surface area contributed by atoms with Crippen molar-refractivity contribution in [2.45, 2.75) is 44.4 Å². The van der Waals surface area contributed by atoms with Crippen LogP contribution in [0.3, 0.4) is 0 Å². The van der Waals surface area contributed by atoms with Crippen LogP contribution in [0.15, 0.2) is 0 Å². The number of nitrogens with zero attached hydrogens (tertiary/aromatic N) is 1. The van der Waals surface area contributed by atoms with Crippen molar-refractivity contribution in [2.24, 2.45) is 0 Å². The molecule has 2 aliphatic rings. The summed E-state index contributed by atoms with van der Waals surface area (Å²) in [4.78, 5) is 2.42. The minimum Gasteiger partial charge on any atom is -0.380 e. The zero-order valence-electron chi connectivity index (χ0n) is 11.2. The molecule has 4 heteroatoms. The van der Waals surface area contributed by atoms with E-state index < -0.39 is 0 Å². The highest BCUT2D eigenvalue weighted by Gasteiger charge is 2.30. The Labute approximate surface area is 105 Å². The molecule has 2 heterocycles. The van der Waals surface area contributed by atoms with Gasteiger partial charge in [0.2, 0.25) is 0 Å². The summed E-state index contributed by atoms with van der Waals surface area (Å²) in [6, 6.07) is 1.06. The lowest BCUT2D eigenvalue weighted by Crippen LogP contribution is -2.55. The van der Waals surface area contributed by atoms with E-state index in [0.29, 0.717) is 18.2 Å². The maximum Gasteiger partial charge on any atom is 0.0702 e. The quantitative estimate of drug-likeness (QED) is 0.775. The predicted octanol–water partition coefficient (Wildman–Crippen LogP) is 0.864. The Kier molecular flexibility index (Phi) is 5.22. The van der Waals surface area contributed by atoms with Gasteiger partial charge in [-0.2, -0.15) is 0 Å². The maximum atomic E-state index is 5.71. The maximum absolute atomic E-state index is 5.71. The first kappa shape index (κ1) is 13.3. The third-order valence-corrected chi connectivity index (χ3v) is 3.87. The molecule has 2 aliphatic heterocycles. The fourth-order valence-electron chi connectivity index (χ4n) is 2.90. The summed E-state index contributed by atoms with van der Waals surface area (Å²) >= 11 is 0. The van der Waals surface area contributed by atoms with Crippen molar-refractivity contribution in [3.63, 3.8) is 0 Å². The Morgan fingerprint density at radius 1 is 1.29 bits per heavy atom. The SMILES string of the molecule is CCNC1CCOCC1N(C)CC1CCCO1. The Morgan fingerprint density at radius 3 is 2.88 bits per heavy atom. The molecule has 0 aromatic rings. The van der Waals surface area contributed by atoms with Gasteiger partial charge >= 0.3 is 0 Å². The monoisotopic (exact) mass is 242 g/mol. The van der Waals surface area contributed by atoms with Gasteiger partial charge in [-0.3, -0.25) is 4.90 Å². The lowest BCUT2D eigenvalue weighted by atomic mass is 10.0. The van der Waals surface area contributed by atoms with Gasteiger partial charge < -0.3 is 14.8 Å². The molecule has 17 heavy (non-hydrogen) atoms. The first-order valence-electron chi connectivity index (χ1n) is 6.94. The molecule has 0 saturated carbocycles. The molecule has 0 spiro atoms. The van der Waals surface area contributed by atoms with Gasteiger partial charge in [0.1, 0.15) is 0 Å². The molecule has 2 saturated heterocycles. The lowest BCUT2D eigenvalue weighted by molar-refractivity contribution is -0.0117. The van der Waals surface area contributed by atoms with Crippen molar-refractivity contribution in [3.8, 4) is 0 Å². The first-order chi connectivity index (χ1) is 8.31. The number of rotatable bonds is 5. The summed E-state index contributed by atoms with van der Waals surface area (Å²) in [6.45, 7) is 6.93.